The van der Waals surface area contributed by atoms with Crippen molar-refractivity contribution in [3.8, 4) is 5.75 Å². The minimum atomic E-state index is -0.471. The first-order chi connectivity index (χ1) is 10.1. The largest absolute Gasteiger partial charge is 0.497 e. The van der Waals surface area contributed by atoms with Gasteiger partial charge in [0.15, 0.2) is 0 Å². The number of carbonyl (C=O) groups excluding carboxylic acids is 1. The number of nitrogens with two attached hydrogens (primary N) is 1. The van der Waals surface area contributed by atoms with E-state index in [0.717, 1.165) is 11.3 Å². The molecule has 0 aliphatic heterocycles. The quantitative estimate of drug-likeness (QED) is 0.680. The molecule has 0 saturated heterocycles. The van der Waals surface area contributed by atoms with Gasteiger partial charge >= 0.3 is 5.97 Å². The third-order valence-corrected chi connectivity index (χ3v) is 3.45. The van der Waals surface area contributed by atoms with Crippen molar-refractivity contribution in [2.75, 3.05) is 19.5 Å². The van der Waals surface area contributed by atoms with Gasteiger partial charge in [0, 0.05) is 6.42 Å². The summed E-state index contributed by atoms with van der Waals surface area (Å²) >= 11 is 5.98. The Morgan fingerprint density at radius 2 is 1.90 bits per heavy atom. The van der Waals surface area contributed by atoms with Crippen molar-refractivity contribution in [2.24, 2.45) is 0 Å². The molecule has 0 aromatic heterocycles. The Balaban J connectivity index is 1.90. The molecule has 2 rings (SSSR count). The Labute approximate surface area is 128 Å². The molecule has 2 aromatic carbocycles. The van der Waals surface area contributed by atoms with E-state index in [0.29, 0.717) is 12.1 Å². The fourth-order valence-corrected chi connectivity index (χ4v) is 2.04. The van der Waals surface area contributed by atoms with Crippen molar-refractivity contribution < 1.29 is 14.3 Å². The van der Waals surface area contributed by atoms with E-state index in [2.05, 4.69) is 0 Å². The summed E-state index contributed by atoms with van der Waals surface area (Å²) in [6, 6.07) is 12.5. The van der Waals surface area contributed by atoms with Crippen molar-refractivity contribution in [3.05, 3.63) is 58.6 Å². The summed E-state index contributed by atoms with van der Waals surface area (Å²) in [5.74, 6) is 0.322. The molecule has 0 heterocycles. The molecule has 2 N–H and O–H groups in total. The first-order valence-electron chi connectivity index (χ1n) is 6.46. The lowest BCUT2D eigenvalue weighted by Crippen LogP contribution is -2.09. The van der Waals surface area contributed by atoms with Gasteiger partial charge in [-0.25, -0.2) is 4.79 Å². The first-order valence-corrected chi connectivity index (χ1v) is 6.83. The van der Waals surface area contributed by atoms with Crippen LogP contribution in [-0.2, 0) is 11.2 Å². The summed E-state index contributed by atoms with van der Waals surface area (Å²) in [4.78, 5) is 11.9. The highest BCUT2D eigenvalue weighted by Gasteiger charge is 2.13. The van der Waals surface area contributed by atoms with Crippen LogP contribution in [0.1, 0.15) is 15.9 Å². The number of hydrogen-bond acceptors (Lipinski definition) is 4. The molecule has 5 heteroatoms. The third kappa shape index (κ3) is 3.89. The maximum absolute atomic E-state index is 11.9. The van der Waals surface area contributed by atoms with Crippen LogP contribution in [0.3, 0.4) is 0 Å². The van der Waals surface area contributed by atoms with Gasteiger partial charge in [-0.3, -0.25) is 0 Å². The predicted molar refractivity (Wildman–Crippen MR) is 82.8 cm³/mol. The van der Waals surface area contributed by atoms with E-state index in [1.165, 1.54) is 0 Å². The minimum absolute atomic E-state index is 0.229. The fraction of sp³-hybridized carbons (Fsp3) is 0.188. The predicted octanol–water partition coefficient (Wildman–Crippen LogP) is 3.33. The average Bonchev–Trinajstić information content (AvgIpc) is 2.50. The van der Waals surface area contributed by atoms with E-state index < -0.39 is 5.97 Å². The molecule has 0 bridgehead atoms. The lowest BCUT2D eigenvalue weighted by molar-refractivity contribution is 0.0509. The molecule has 0 aliphatic rings. The summed E-state index contributed by atoms with van der Waals surface area (Å²) in [6.45, 7) is 0.274. The van der Waals surface area contributed by atoms with E-state index in [9.17, 15) is 4.79 Å². The number of ether oxygens (including phenoxy) is 2. The van der Waals surface area contributed by atoms with Gasteiger partial charge in [0.25, 0.3) is 0 Å². The average molecular weight is 306 g/mol. The molecule has 0 unspecified atom stereocenters. The molecule has 21 heavy (non-hydrogen) atoms. The highest BCUT2D eigenvalue weighted by Crippen LogP contribution is 2.23. The van der Waals surface area contributed by atoms with E-state index in [-0.39, 0.29) is 17.2 Å². The molecular weight excluding hydrogens is 290 g/mol. The summed E-state index contributed by atoms with van der Waals surface area (Å²) in [5.41, 5.74) is 7.36. The lowest BCUT2D eigenvalue weighted by atomic mass is 10.1. The summed E-state index contributed by atoms with van der Waals surface area (Å²) in [5, 5.41) is 0.229. The zero-order valence-electron chi connectivity index (χ0n) is 11.6. The second-order valence-corrected chi connectivity index (χ2v) is 4.82. The minimum Gasteiger partial charge on any atom is -0.497 e. The maximum Gasteiger partial charge on any atom is 0.339 e. The number of nitrogen functional groups attached to an aromatic ring is 1. The van der Waals surface area contributed by atoms with Gasteiger partial charge in [0.2, 0.25) is 0 Å². The first kappa shape index (κ1) is 15.2. The van der Waals surface area contributed by atoms with Gasteiger partial charge in [-0.05, 0) is 29.8 Å². The molecule has 4 nitrogen and oxygen atoms in total. The highest BCUT2D eigenvalue weighted by atomic mass is 35.5. The van der Waals surface area contributed by atoms with Crippen molar-refractivity contribution in [1.29, 1.82) is 0 Å². The Morgan fingerprint density at radius 3 is 2.57 bits per heavy atom. The molecule has 0 atom stereocenters. The van der Waals surface area contributed by atoms with Gasteiger partial charge in [-0.15, -0.1) is 0 Å². The Morgan fingerprint density at radius 1 is 1.19 bits per heavy atom. The van der Waals surface area contributed by atoms with Crippen LogP contribution < -0.4 is 10.5 Å². The van der Waals surface area contributed by atoms with Crippen LogP contribution in [0.4, 0.5) is 5.69 Å². The second kappa shape index (κ2) is 6.99. The number of hydrogen-bond donors (Lipinski definition) is 1. The molecule has 0 saturated carbocycles. The highest BCUT2D eigenvalue weighted by molar-refractivity contribution is 6.36. The van der Waals surface area contributed by atoms with Crippen LogP contribution in [0.5, 0.6) is 5.75 Å². The molecule has 110 valence electrons. The summed E-state index contributed by atoms with van der Waals surface area (Å²) < 4.78 is 10.3. The number of benzene rings is 2. The number of rotatable bonds is 5. The third-order valence-electron chi connectivity index (χ3n) is 3.03. The van der Waals surface area contributed by atoms with Crippen molar-refractivity contribution >= 4 is 23.3 Å². The molecule has 0 amide bonds. The molecular formula is C16H16ClNO3. The number of carbonyl (C=O) groups is 1. The number of methoxy groups -OCH3 is 1. The SMILES string of the molecule is COc1ccc(CCOC(=O)c2cccc(N)c2Cl)cc1. The van der Waals surface area contributed by atoms with Gasteiger partial charge < -0.3 is 15.2 Å². The van der Waals surface area contributed by atoms with Crippen LogP contribution in [0.15, 0.2) is 42.5 Å². The van der Waals surface area contributed by atoms with Gasteiger partial charge in [0.1, 0.15) is 5.75 Å². The standard InChI is InChI=1S/C16H16ClNO3/c1-20-12-7-5-11(6-8-12)9-10-21-16(19)13-3-2-4-14(18)15(13)17/h2-8H,9-10,18H2,1H3. The number of esters is 1. The van der Waals surface area contributed by atoms with E-state index in [1.54, 1.807) is 25.3 Å². The van der Waals surface area contributed by atoms with Crippen molar-refractivity contribution in [3.63, 3.8) is 0 Å². The summed E-state index contributed by atoms with van der Waals surface area (Å²) in [6.07, 6.45) is 0.621. The molecule has 0 spiro atoms. The maximum atomic E-state index is 11.9. The molecule has 0 radical (unpaired) electrons. The number of anilines is 1. The Hall–Kier alpha value is -2.20. The van der Waals surface area contributed by atoms with Crippen LogP contribution >= 0.6 is 11.6 Å². The van der Waals surface area contributed by atoms with E-state index in [1.807, 2.05) is 24.3 Å². The molecule has 0 aliphatic carbocycles. The van der Waals surface area contributed by atoms with Crippen LogP contribution in [0.25, 0.3) is 0 Å². The Bertz CT molecular complexity index is 626. The van der Waals surface area contributed by atoms with Crippen LogP contribution in [-0.4, -0.2) is 19.7 Å². The van der Waals surface area contributed by atoms with Crippen molar-refractivity contribution in [2.45, 2.75) is 6.42 Å². The van der Waals surface area contributed by atoms with E-state index in [4.69, 9.17) is 26.8 Å². The van der Waals surface area contributed by atoms with Crippen LogP contribution in [0.2, 0.25) is 5.02 Å². The molecule has 2 aromatic rings. The summed E-state index contributed by atoms with van der Waals surface area (Å²) in [7, 11) is 1.62. The molecule has 0 fully saturated rings. The van der Waals surface area contributed by atoms with E-state index >= 15 is 0 Å². The zero-order chi connectivity index (χ0) is 15.2. The topological polar surface area (TPSA) is 61.5 Å². The second-order valence-electron chi connectivity index (χ2n) is 4.44. The monoisotopic (exact) mass is 305 g/mol. The normalized spacial score (nSPS) is 10.2. The smallest absolute Gasteiger partial charge is 0.339 e. The Kier molecular flexibility index (Phi) is 5.06. The van der Waals surface area contributed by atoms with Crippen molar-refractivity contribution in [1.82, 2.24) is 0 Å². The van der Waals surface area contributed by atoms with Crippen LogP contribution in [0, 0.1) is 0 Å². The fourth-order valence-electron chi connectivity index (χ4n) is 1.84. The lowest BCUT2D eigenvalue weighted by Gasteiger charge is -2.08. The van der Waals surface area contributed by atoms with Gasteiger partial charge in [-0.1, -0.05) is 29.8 Å². The zero-order valence-corrected chi connectivity index (χ0v) is 12.4. The number of halogens is 1. The van der Waals surface area contributed by atoms with Gasteiger partial charge in [0.05, 0.1) is 30.0 Å². The van der Waals surface area contributed by atoms with Gasteiger partial charge in [-0.2, -0.15) is 0 Å².